The van der Waals surface area contributed by atoms with E-state index in [9.17, 15) is 8.42 Å². The van der Waals surface area contributed by atoms with Crippen molar-refractivity contribution >= 4 is 15.8 Å². The minimum absolute atomic E-state index is 0.0575. The summed E-state index contributed by atoms with van der Waals surface area (Å²) in [6.45, 7) is 8.81. The lowest BCUT2D eigenvalue weighted by molar-refractivity contribution is 0.315. The van der Waals surface area contributed by atoms with Gasteiger partial charge in [0.15, 0.2) is 0 Å². The Morgan fingerprint density at radius 2 is 1.95 bits per heavy atom. The maximum Gasteiger partial charge on any atom is 0.244 e. The highest BCUT2D eigenvalue weighted by Crippen LogP contribution is 2.20. The highest BCUT2D eigenvalue weighted by Gasteiger charge is 2.27. The van der Waals surface area contributed by atoms with Crippen LogP contribution in [0.4, 0.5) is 5.82 Å². The van der Waals surface area contributed by atoms with E-state index in [1.54, 1.807) is 19.2 Å². The SMILES string of the molecule is CCCNc1ccc(S(=O)(=O)N(C)C(C)C(C)C)cn1. The number of aromatic nitrogens is 1. The van der Waals surface area contributed by atoms with Gasteiger partial charge >= 0.3 is 0 Å². The number of nitrogens with zero attached hydrogens (tertiary/aromatic N) is 2. The lowest BCUT2D eigenvalue weighted by Crippen LogP contribution is -2.38. The van der Waals surface area contributed by atoms with Crippen molar-refractivity contribution in [2.24, 2.45) is 5.92 Å². The second-order valence-corrected chi connectivity index (χ2v) is 7.31. The highest BCUT2D eigenvalue weighted by atomic mass is 32.2. The Morgan fingerprint density at radius 1 is 1.30 bits per heavy atom. The fraction of sp³-hybridized carbons (Fsp3) is 0.643. The van der Waals surface area contributed by atoms with E-state index in [4.69, 9.17) is 0 Å². The minimum Gasteiger partial charge on any atom is -0.370 e. The Hall–Kier alpha value is -1.14. The molecule has 0 amide bonds. The van der Waals surface area contributed by atoms with Gasteiger partial charge in [0.2, 0.25) is 10.0 Å². The molecule has 0 saturated carbocycles. The molecule has 0 fully saturated rings. The maximum atomic E-state index is 12.5. The average Bonchev–Trinajstić information content (AvgIpc) is 2.43. The van der Waals surface area contributed by atoms with Crippen molar-refractivity contribution in [2.75, 3.05) is 18.9 Å². The third kappa shape index (κ3) is 3.93. The van der Waals surface area contributed by atoms with Gasteiger partial charge in [-0.1, -0.05) is 20.8 Å². The zero-order valence-electron chi connectivity index (χ0n) is 12.9. The number of hydrogen-bond donors (Lipinski definition) is 1. The topological polar surface area (TPSA) is 62.3 Å². The van der Waals surface area contributed by atoms with Crippen LogP contribution in [0.15, 0.2) is 23.2 Å². The van der Waals surface area contributed by atoms with Gasteiger partial charge in [0.25, 0.3) is 0 Å². The van der Waals surface area contributed by atoms with Gasteiger partial charge < -0.3 is 5.32 Å². The molecule has 1 aromatic heterocycles. The Bertz CT molecular complexity index is 512. The first kappa shape index (κ1) is 16.9. The average molecular weight is 299 g/mol. The first-order chi connectivity index (χ1) is 9.30. The zero-order valence-corrected chi connectivity index (χ0v) is 13.7. The smallest absolute Gasteiger partial charge is 0.244 e. The summed E-state index contributed by atoms with van der Waals surface area (Å²) in [5.74, 6) is 0.957. The summed E-state index contributed by atoms with van der Waals surface area (Å²) in [5, 5.41) is 3.12. The van der Waals surface area contributed by atoms with Crippen LogP contribution in [0.3, 0.4) is 0 Å². The van der Waals surface area contributed by atoms with Crippen LogP contribution < -0.4 is 5.32 Å². The summed E-state index contributed by atoms with van der Waals surface area (Å²) >= 11 is 0. The summed E-state index contributed by atoms with van der Waals surface area (Å²) in [5.41, 5.74) is 0. The van der Waals surface area contributed by atoms with Crippen molar-refractivity contribution in [2.45, 2.75) is 45.1 Å². The van der Waals surface area contributed by atoms with E-state index in [1.807, 2.05) is 20.8 Å². The zero-order chi connectivity index (χ0) is 15.3. The molecule has 5 nitrogen and oxygen atoms in total. The molecule has 1 aromatic rings. The molecule has 1 unspecified atom stereocenters. The van der Waals surface area contributed by atoms with Gasteiger partial charge in [-0.2, -0.15) is 4.31 Å². The molecular formula is C14H25N3O2S. The van der Waals surface area contributed by atoms with E-state index in [0.717, 1.165) is 13.0 Å². The van der Waals surface area contributed by atoms with Crippen molar-refractivity contribution in [1.29, 1.82) is 0 Å². The van der Waals surface area contributed by atoms with Crippen LogP contribution >= 0.6 is 0 Å². The molecule has 1 rings (SSSR count). The maximum absolute atomic E-state index is 12.5. The van der Waals surface area contributed by atoms with E-state index in [0.29, 0.717) is 5.82 Å². The largest absolute Gasteiger partial charge is 0.370 e. The molecule has 1 N–H and O–H groups in total. The van der Waals surface area contributed by atoms with E-state index in [1.165, 1.54) is 10.5 Å². The van der Waals surface area contributed by atoms with Crippen LogP contribution in [0.1, 0.15) is 34.1 Å². The summed E-state index contributed by atoms with van der Waals surface area (Å²) in [6.07, 6.45) is 2.41. The summed E-state index contributed by atoms with van der Waals surface area (Å²) in [4.78, 5) is 4.38. The third-order valence-electron chi connectivity index (χ3n) is 3.51. The van der Waals surface area contributed by atoms with Gasteiger partial charge in [0, 0.05) is 25.8 Å². The quantitative estimate of drug-likeness (QED) is 0.840. The molecule has 0 saturated heterocycles. The lowest BCUT2D eigenvalue weighted by atomic mass is 10.1. The first-order valence-corrected chi connectivity index (χ1v) is 8.42. The normalized spacial score (nSPS) is 13.8. The van der Waals surface area contributed by atoms with E-state index >= 15 is 0 Å². The van der Waals surface area contributed by atoms with Crippen molar-refractivity contribution in [3.05, 3.63) is 18.3 Å². The van der Waals surface area contributed by atoms with Crippen LogP contribution in [0.5, 0.6) is 0 Å². The van der Waals surface area contributed by atoms with Gasteiger partial charge in [0.1, 0.15) is 10.7 Å². The summed E-state index contributed by atoms with van der Waals surface area (Å²) < 4.78 is 26.3. The van der Waals surface area contributed by atoms with Crippen LogP contribution in [-0.4, -0.2) is 37.3 Å². The third-order valence-corrected chi connectivity index (χ3v) is 5.44. The molecule has 0 aliphatic carbocycles. The standard InChI is InChI=1S/C14H25N3O2S/c1-6-9-15-14-8-7-13(10-16-14)20(18,19)17(5)12(4)11(2)3/h7-8,10-12H,6,9H2,1-5H3,(H,15,16). The molecule has 20 heavy (non-hydrogen) atoms. The first-order valence-electron chi connectivity index (χ1n) is 6.98. The molecule has 0 aliphatic heterocycles. The number of pyridine rings is 1. The molecule has 114 valence electrons. The summed E-state index contributed by atoms with van der Waals surface area (Å²) in [6, 6.07) is 3.25. The van der Waals surface area contributed by atoms with Gasteiger partial charge in [-0.05, 0) is 31.4 Å². The number of rotatable bonds is 7. The van der Waals surface area contributed by atoms with Gasteiger partial charge in [0.05, 0.1) is 0 Å². The van der Waals surface area contributed by atoms with Crippen LogP contribution in [0.25, 0.3) is 0 Å². The molecule has 0 bridgehead atoms. The van der Waals surface area contributed by atoms with Crippen LogP contribution in [0, 0.1) is 5.92 Å². The van der Waals surface area contributed by atoms with E-state index < -0.39 is 10.0 Å². The van der Waals surface area contributed by atoms with Crippen LogP contribution in [0.2, 0.25) is 0 Å². The Morgan fingerprint density at radius 3 is 2.40 bits per heavy atom. The molecule has 0 aromatic carbocycles. The second-order valence-electron chi connectivity index (χ2n) is 5.31. The lowest BCUT2D eigenvalue weighted by Gasteiger charge is -2.27. The van der Waals surface area contributed by atoms with Gasteiger partial charge in [-0.25, -0.2) is 13.4 Å². The van der Waals surface area contributed by atoms with E-state index in [-0.39, 0.29) is 16.9 Å². The molecule has 1 atom stereocenters. The summed E-state index contributed by atoms with van der Waals surface area (Å²) in [7, 11) is -1.86. The van der Waals surface area contributed by atoms with Gasteiger partial charge in [-0.15, -0.1) is 0 Å². The Labute approximate surface area is 122 Å². The van der Waals surface area contributed by atoms with Crippen molar-refractivity contribution in [1.82, 2.24) is 9.29 Å². The van der Waals surface area contributed by atoms with Crippen molar-refractivity contribution in [3.8, 4) is 0 Å². The number of anilines is 1. The molecule has 0 spiro atoms. The monoisotopic (exact) mass is 299 g/mol. The fourth-order valence-corrected chi connectivity index (χ4v) is 3.14. The predicted octanol–water partition coefficient (Wildman–Crippen LogP) is 2.57. The molecule has 0 aliphatic rings. The van der Waals surface area contributed by atoms with Crippen molar-refractivity contribution in [3.63, 3.8) is 0 Å². The minimum atomic E-state index is -3.48. The predicted molar refractivity (Wildman–Crippen MR) is 82.3 cm³/mol. The number of sulfonamides is 1. The number of nitrogens with one attached hydrogen (secondary N) is 1. The van der Waals surface area contributed by atoms with E-state index in [2.05, 4.69) is 17.2 Å². The second kappa shape index (κ2) is 7.04. The fourth-order valence-electron chi connectivity index (χ4n) is 1.70. The van der Waals surface area contributed by atoms with Crippen molar-refractivity contribution < 1.29 is 8.42 Å². The molecular weight excluding hydrogens is 274 g/mol. The molecule has 1 heterocycles. The highest BCUT2D eigenvalue weighted by molar-refractivity contribution is 7.89. The van der Waals surface area contributed by atoms with Gasteiger partial charge in [-0.3, -0.25) is 0 Å². The van der Waals surface area contributed by atoms with Crippen LogP contribution in [-0.2, 0) is 10.0 Å². The number of hydrogen-bond acceptors (Lipinski definition) is 4. The molecule has 0 radical (unpaired) electrons. The molecule has 6 heteroatoms. The Balaban J connectivity index is 2.93. The Kier molecular flexibility index (Phi) is 5.95.